The molecule has 0 aliphatic carbocycles. The van der Waals surface area contributed by atoms with E-state index in [1.165, 1.54) is 0 Å². The molecule has 0 saturated heterocycles. The number of benzene rings is 1. The molecule has 2 heterocycles. The summed E-state index contributed by atoms with van der Waals surface area (Å²) in [7, 11) is 0. The molecule has 0 aliphatic heterocycles. The van der Waals surface area contributed by atoms with Crippen LogP contribution in [0.5, 0.6) is 0 Å². The molecule has 0 amide bonds. The van der Waals surface area contributed by atoms with E-state index in [2.05, 4.69) is 20.2 Å². The lowest BCUT2D eigenvalue weighted by Crippen LogP contribution is -1.96. The minimum absolute atomic E-state index is 0.524. The molecule has 0 fully saturated rings. The number of hydrogen-bond donors (Lipinski definition) is 2. The molecule has 5 nitrogen and oxygen atoms in total. The van der Waals surface area contributed by atoms with E-state index in [1.807, 2.05) is 32.0 Å². The van der Waals surface area contributed by atoms with Gasteiger partial charge >= 0.3 is 0 Å². The number of aryl methyl sites for hydroxylation is 2. The zero-order valence-electron chi connectivity index (χ0n) is 10.2. The number of hydrogen-bond acceptors (Lipinski definition) is 4. The van der Waals surface area contributed by atoms with Crippen LogP contribution < -0.4 is 5.73 Å². The molecule has 18 heavy (non-hydrogen) atoms. The summed E-state index contributed by atoms with van der Waals surface area (Å²) in [5.74, 6) is 0.524. The van der Waals surface area contributed by atoms with Gasteiger partial charge in [0.2, 0.25) is 0 Å². The van der Waals surface area contributed by atoms with Gasteiger partial charge in [0.25, 0.3) is 0 Å². The average Bonchev–Trinajstić information content (AvgIpc) is 2.75. The third-order valence-corrected chi connectivity index (χ3v) is 2.91. The van der Waals surface area contributed by atoms with Gasteiger partial charge in [-0.2, -0.15) is 5.10 Å². The first-order valence-electron chi connectivity index (χ1n) is 5.70. The Labute approximate surface area is 104 Å². The van der Waals surface area contributed by atoms with Gasteiger partial charge < -0.3 is 5.73 Å². The van der Waals surface area contributed by atoms with Gasteiger partial charge in [-0.25, -0.2) is 9.97 Å². The molecule has 0 unspecified atom stereocenters. The molecule has 3 aromatic rings. The van der Waals surface area contributed by atoms with Crippen LogP contribution in [0, 0.1) is 13.8 Å². The standard InChI is InChI=1S/C13H13N5/c1-7-4-3-5-9-12(7)16-13(8(2)15-9)10-6-11(14)18-17-10/h3-6H,1-2H3,(H3,14,17,18). The van der Waals surface area contributed by atoms with E-state index in [0.29, 0.717) is 5.82 Å². The maximum atomic E-state index is 5.64. The maximum absolute atomic E-state index is 5.64. The first-order valence-corrected chi connectivity index (χ1v) is 5.70. The summed E-state index contributed by atoms with van der Waals surface area (Å²) in [5.41, 5.74) is 10.9. The SMILES string of the molecule is Cc1nc2cccc(C)c2nc1-c1cc(N)[nH]n1. The van der Waals surface area contributed by atoms with Crippen molar-refractivity contribution >= 4 is 16.9 Å². The van der Waals surface area contributed by atoms with E-state index in [-0.39, 0.29) is 0 Å². The van der Waals surface area contributed by atoms with Crippen LogP contribution in [0.1, 0.15) is 11.3 Å². The highest BCUT2D eigenvalue weighted by Gasteiger charge is 2.11. The number of nitrogens with two attached hydrogens (primary N) is 1. The van der Waals surface area contributed by atoms with Crippen molar-refractivity contribution in [1.29, 1.82) is 0 Å². The highest BCUT2D eigenvalue weighted by molar-refractivity contribution is 5.80. The summed E-state index contributed by atoms with van der Waals surface area (Å²) in [6.45, 7) is 3.95. The van der Waals surface area contributed by atoms with E-state index >= 15 is 0 Å². The number of aromatic amines is 1. The van der Waals surface area contributed by atoms with Gasteiger partial charge in [0.05, 0.1) is 16.7 Å². The molecule has 0 radical (unpaired) electrons. The smallest absolute Gasteiger partial charge is 0.119 e. The van der Waals surface area contributed by atoms with Crippen molar-refractivity contribution in [2.75, 3.05) is 5.73 Å². The molecule has 0 bridgehead atoms. The molecule has 3 N–H and O–H groups in total. The van der Waals surface area contributed by atoms with Gasteiger partial charge in [-0.05, 0) is 25.5 Å². The fourth-order valence-electron chi connectivity index (χ4n) is 2.01. The molecular weight excluding hydrogens is 226 g/mol. The third-order valence-electron chi connectivity index (χ3n) is 2.91. The van der Waals surface area contributed by atoms with E-state index < -0.39 is 0 Å². The number of fused-ring (bicyclic) bond motifs is 1. The molecule has 0 aliphatic rings. The second-order valence-electron chi connectivity index (χ2n) is 4.31. The minimum Gasteiger partial charge on any atom is -0.384 e. The van der Waals surface area contributed by atoms with Crippen molar-refractivity contribution < 1.29 is 0 Å². The Kier molecular flexibility index (Phi) is 2.26. The van der Waals surface area contributed by atoms with E-state index in [4.69, 9.17) is 5.73 Å². The van der Waals surface area contributed by atoms with Crippen LogP contribution in [0.25, 0.3) is 22.4 Å². The summed E-state index contributed by atoms with van der Waals surface area (Å²) in [6.07, 6.45) is 0. The Morgan fingerprint density at radius 1 is 1.17 bits per heavy atom. The number of nitrogens with one attached hydrogen (secondary N) is 1. The molecule has 2 aromatic heterocycles. The highest BCUT2D eigenvalue weighted by atomic mass is 15.2. The average molecular weight is 239 g/mol. The lowest BCUT2D eigenvalue weighted by Gasteiger charge is -2.05. The number of H-pyrrole nitrogens is 1. The van der Waals surface area contributed by atoms with Crippen LogP contribution in [0.15, 0.2) is 24.3 Å². The number of nitrogen functional groups attached to an aromatic ring is 1. The molecule has 90 valence electrons. The van der Waals surface area contributed by atoms with E-state index in [9.17, 15) is 0 Å². The van der Waals surface area contributed by atoms with Crippen LogP contribution >= 0.6 is 0 Å². The molecule has 5 heteroatoms. The fraction of sp³-hybridized carbons (Fsp3) is 0.154. The lowest BCUT2D eigenvalue weighted by atomic mass is 10.1. The molecule has 0 atom stereocenters. The lowest BCUT2D eigenvalue weighted by molar-refractivity contribution is 1.08. The van der Waals surface area contributed by atoms with Gasteiger partial charge in [0, 0.05) is 6.07 Å². The molecule has 1 aromatic carbocycles. The minimum atomic E-state index is 0.524. The molecule has 3 rings (SSSR count). The van der Waals surface area contributed by atoms with E-state index in [0.717, 1.165) is 33.7 Å². The maximum Gasteiger partial charge on any atom is 0.119 e. The van der Waals surface area contributed by atoms with Gasteiger partial charge in [-0.15, -0.1) is 0 Å². The number of rotatable bonds is 1. The van der Waals surface area contributed by atoms with Crippen molar-refractivity contribution in [2.24, 2.45) is 0 Å². The molecule has 0 saturated carbocycles. The molecule has 0 spiro atoms. The quantitative estimate of drug-likeness (QED) is 0.682. The Hall–Kier alpha value is -2.43. The van der Waals surface area contributed by atoms with Crippen LogP contribution in [0.2, 0.25) is 0 Å². The zero-order chi connectivity index (χ0) is 12.7. The van der Waals surface area contributed by atoms with Gasteiger partial charge in [-0.3, -0.25) is 5.10 Å². The summed E-state index contributed by atoms with van der Waals surface area (Å²) >= 11 is 0. The summed E-state index contributed by atoms with van der Waals surface area (Å²) in [4.78, 5) is 9.22. The van der Waals surface area contributed by atoms with E-state index in [1.54, 1.807) is 6.07 Å². The van der Waals surface area contributed by atoms with Crippen LogP contribution in [0.3, 0.4) is 0 Å². The normalized spacial score (nSPS) is 11.0. The Bertz CT molecular complexity index is 729. The predicted molar refractivity (Wildman–Crippen MR) is 71.0 cm³/mol. The Morgan fingerprint density at radius 3 is 2.72 bits per heavy atom. The van der Waals surface area contributed by atoms with Crippen LogP contribution in [-0.4, -0.2) is 20.2 Å². The number of anilines is 1. The second-order valence-corrected chi connectivity index (χ2v) is 4.31. The first-order chi connectivity index (χ1) is 8.65. The van der Waals surface area contributed by atoms with Gasteiger partial charge in [0.1, 0.15) is 17.2 Å². The predicted octanol–water partition coefficient (Wildman–Crippen LogP) is 2.22. The topological polar surface area (TPSA) is 80.5 Å². The number of para-hydroxylation sites is 1. The summed E-state index contributed by atoms with van der Waals surface area (Å²) in [5, 5.41) is 6.85. The number of nitrogens with zero attached hydrogens (tertiary/aromatic N) is 3. The summed E-state index contributed by atoms with van der Waals surface area (Å²) < 4.78 is 0. The van der Waals surface area contributed by atoms with Crippen molar-refractivity contribution in [2.45, 2.75) is 13.8 Å². The summed E-state index contributed by atoms with van der Waals surface area (Å²) in [6, 6.07) is 7.74. The highest BCUT2D eigenvalue weighted by Crippen LogP contribution is 2.23. The van der Waals surface area contributed by atoms with Crippen LogP contribution in [-0.2, 0) is 0 Å². The molecular formula is C13H13N5. The van der Waals surface area contributed by atoms with Crippen molar-refractivity contribution in [3.8, 4) is 11.4 Å². The second kappa shape index (κ2) is 3.80. The monoisotopic (exact) mass is 239 g/mol. The van der Waals surface area contributed by atoms with Crippen LogP contribution in [0.4, 0.5) is 5.82 Å². The zero-order valence-corrected chi connectivity index (χ0v) is 10.2. The van der Waals surface area contributed by atoms with Crippen molar-refractivity contribution in [3.63, 3.8) is 0 Å². The largest absolute Gasteiger partial charge is 0.384 e. The Morgan fingerprint density at radius 2 is 2.00 bits per heavy atom. The van der Waals surface area contributed by atoms with Crippen molar-refractivity contribution in [1.82, 2.24) is 20.2 Å². The van der Waals surface area contributed by atoms with Crippen molar-refractivity contribution in [3.05, 3.63) is 35.5 Å². The number of aromatic nitrogens is 4. The fourth-order valence-corrected chi connectivity index (χ4v) is 2.01. The van der Waals surface area contributed by atoms with Gasteiger partial charge in [0.15, 0.2) is 0 Å². The Balaban J connectivity index is 2.30. The first kappa shape index (κ1) is 10.7. The van der Waals surface area contributed by atoms with Gasteiger partial charge in [-0.1, -0.05) is 12.1 Å². The third kappa shape index (κ3) is 1.60.